The number of Topliss-reactive ketones (excluding diaryl/α,β-unsaturated/α-hetero) is 1. The van der Waals surface area contributed by atoms with E-state index in [1.54, 1.807) is 27.7 Å². The molecule has 3 heterocycles. The molecule has 1 saturated heterocycles. The lowest BCUT2D eigenvalue weighted by Crippen LogP contribution is -2.57. The second-order valence-corrected chi connectivity index (χ2v) is 15.0. The Morgan fingerprint density at radius 1 is 1.02 bits per heavy atom. The molecule has 1 N–H and O–H groups in total. The molecule has 2 aliphatic carbocycles. The van der Waals surface area contributed by atoms with Gasteiger partial charge in [0.25, 0.3) is 5.92 Å². The summed E-state index contributed by atoms with van der Waals surface area (Å²) in [6.07, 6.45) is -5.02. The fourth-order valence-corrected chi connectivity index (χ4v) is 7.90. The van der Waals surface area contributed by atoms with Gasteiger partial charge in [-0.1, -0.05) is 34.1 Å². The Kier molecular flexibility index (Phi) is 8.96. The van der Waals surface area contributed by atoms with Gasteiger partial charge in [0.15, 0.2) is 11.5 Å². The number of hydrogen-bond donors (Lipinski definition) is 1. The average molecular weight is 697 g/mol. The highest BCUT2D eigenvalue weighted by molar-refractivity contribution is 5.92. The number of carbonyl (C=O) groups excluding carboxylic acids is 3. The Bertz CT molecular complexity index is 1630. The van der Waals surface area contributed by atoms with Gasteiger partial charge in [-0.15, -0.1) is 13.2 Å². The Morgan fingerprint density at radius 2 is 1.76 bits per heavy atom. The molecule has 2 aromatic rings. The number of alkyl halides is 5. The van der Waals surface area contributed by atoms with Crippen LogP contribution in [-0.4, -0.2) is 69.9 Å². The van der Waals surface area contributed by atoms with Crippen molar-refractivity contribution in [2.45, 2.75) is 110 Å². The predicted octanol–water partition coefficient (Wildman–Crippen LogP) is 6.54. The largest absolute Gasteiger partial charge is 0.573 e. The highest BCUT2D eigenvalue weighted by Crippen LogP contribution is 2.58. The van der Waals surface area contributed by atoms with E-state index in [9.17, 15) is 27.6 Å². The summed E-state index contributed by atoms with van der Waals surface area (Å²) in [5.74, 6) is -5.70. The molecule has 2 saturated carbocycles. The van der Waals surface area contributed by atoms with Gasteiger partial charge < -0.3 is 24.4 Å². The summed E-state index contributed by atoms with van der Waals surface area (Å²) < 4.78 is 87.1. The van der Waals surface area contributed by atoms with Crippen LogP contribution in [0.3, 0.4) is 0 Å². The van der Waals surface area contributed by atoms with E-state index in [1.165, 1.54) is 11.8 Å². The first-order chi connectivity index (χ1) is 22.8. The molecule has 3 fully saturated rings. The zero-order chi connectivity index (χ0) is 35.6. The van der Waals surface area contributed by atoms with Crippen molar-refractivity contribution in [3.05, 3.63) is 23.9 Å². The van der Waals surface area contributed by atoms with E-state index in [1.807, 2.05) is 0 Å². The Morgan fingerprint density at radius 3 is 2.43 bits per heavy atom. The quantitative estimate of drug-likeness (QED) is 0.352. The summed E-state index contributed by atoms with van der Waals surface area (Å²) in [7, 11) is 0. The zero-order valence-corrected chi connectivity index (χ0v) is 28.0. The summed E-state index contributed by atoms with van der Waals surface area (Å²) in [6, 6.07) is 0.873. The maximum atomic E-state index is 16.1. The molecule has 1 aromatic carbocycles. The van der Waals surface area contributed by atoms with Crippen molar-refractivity contribution >= 4 is 28.8 Å². The van der Waals surface area contributed by atoms with E-state index in [-0.39, 0.29) is 35.7 Å². The summed E-state index contributed by atoms with van der Waals surface area (Å²) in [4.78, 5) is 50.1. The van der Waals surface area contributed by atoms with E-state index in [2.05, 4.69) is 20.0 Å². The number of nitrogens with zero attached hydrogens (tertiary/aromatic N) is 3. The molecule has 2 bridgehead atoms. The minimum absolute atomic E-state index is 0.00166. The lowest BCUT2D eigenvalue weighted by Gasteiger charge is -2.35. The predicted molar refractivity (Wildman–Crippen MR) is 165 cm³/mol. The smallest absolute Gasteiger partial charge is 0.471 e. The number of fused-ring (bicyclic) bond motifs is 7. The Balaban J connectivity index is 1.41. The number of hydrogen-bond acceptors (Lipinski definition) is 8. The summed E-state index contributed by atoms with van der Waals surface area (Å²) in [5, 5.41) is 2.76. The number of carbonyl (C=O) groups is 3. The highest BCUT2D eigenvalue weighted by atomic mass is 19.4. The van der Waals surface area contributed by atoms with E-state index in [4.69, 9.17) is 9.47 Å². The van der Waals surface area contributed by atoms with Crippen LogP contribution in [0.15, 0.2) is 18.2 Å². The van der Waals surface area contributed by atoms with Crippen LogP contribution in [-0.2, 0) is 20.2 Å². The monoisotopic (exact) mass is 696 g/mol. The van der Waals surface area contributed by atoms with E-state index >= 15 is 8.78 Å². The van der Waals surface area contributed by atoms with Crippen LogP contribution in [0.2, 0.25) is 0 Å². The highest BCUT2D eigenvalue weighted by Gasteiger charge is 2.55. The number of ether oxygens (including phenoxy) is 3. The van der Waals surface area contributed by atoms with Gasteiger partial charge in [0, 0.05) is 18.4 Å². The summed E-state index contributed by atoms with van der Waals surface area (Å²) >= 11 is 0. The van der Waals surface area contributed by atoms with Crippen LogP contribution in [0.5, 0.6) is 11.6 Å². The van der Waals surface area contributed by atoms with E-state index in [0.717, 1.165) is 24.6 Å². The standard InChI is InChI=1S/C34H41F5N4O6/c1-16-25-15-43(26(16)17(2)44)30(45)28(32(3,4)5)42-31(46)48-24-13-18-12-21(18)20(24)8-6-7-11-33(35,36)27-29(47-25)41-23-14-19(49-34(37,38)39)9-10-22(23)40-27/h9-10,14,16,18,20-21,24-26,28H,6-8,11-13,15H2,1-5H3,(H,42,46)/t16-,18?,20-,21?,24-,25+,26+,28-/m1/s1. The number of nitrogens with one attached hydrogen (secondary N) is 1. The molecule has 8 atom stereocenters. The van der Waals surface area contributed by atoms with Crippen molar-refractivity contribution in [3.8, 4) is 11.6 Å². The zero-order valence-electron chi connectivity index (χ0n) is 28.0. The van der Waals surface area contributed by atoms with Crippen LogP contribution < -0.4 is 14.8 Å². The first-order valence-corrected chi connectivity index (χ1v) is 16.7. The van der Waals surface area contributed by atoms with Gasteiger partial charge >= 0.3 is 12.5 Å². The molecular weight excluding hydrogens is 655 g/mol. The third kappa shape index (κ3) is 7.26. The molecule has 2 unspecified atom stereocenters. The van der Waals surface area contributed by atoms with Crippen molar-refractivity contribution in [2.24, 2.45) is 29.1 Å². The minimum atomic E-state index is -5.00. The first-order valence-electron chi connectivity index (χ1n) is 16.7. The second-order valence-electron chi connectivity index (χ2n) is 15.0. The summed E-state index contributed by atoms with van der Waals surface area (Å²) in [5.41, 5.74) is -1.87. The molecule has 49 heavy (non-hydrogen) atoms. The van der Waals surface area contributed by atoms with Crippen molar-refractivity contribution in [1.82, 2.24) is 20.2 Å². The SMILES string of the molecule is CC(=O)[C@@H]1[C@H](C)[C@@H]2CN1C(=O)[C@H](C(C)(C)C)NC(=O)O[C@@H]1CC3CC3[C@H]1CCCCC(F)(F)c1nc3ccc(OC(F)(F)F)cc3nc1O2. The first kappa shape index (κ1) is 35.1. The van der Waals surface area contributed by atoms with E-state index in [0.29, 0.717) is 31.1 Å². The van der Waals surface area contributed by atoms with Gasteiger partial charge in [-0.05, 0) is 67.9 Å². The van der Waals surface area contributed by atoms with Crippen LogP contribution in [0.1, 0.15) is 78.8 Å². The number of rotatable bonds is 2. The normalized spacial score (nSPS) is 32.1. The second kappa shape index (κ2) is 12.5. The maximum absolute atomic E-state index is 16.1. The minimum Gasteiger partial charge on any atom is -0.471 e. The molecule has 15 heteroatoms. The van der Waals surface area contributed by atoms with Gasteiger partial charge in [0.2, 0.25) is 11.8 Å². The fourth-order valence-electron chi connectivity index (χ4n) is 7.90. The van der Waals surface area contributed by atoms with Crippen molar-refractivity contribution in [3.63, 3.8) is 0 Å². The molecule has 2 amide bonds. The Hall–Kier alpha value is -3.78. The molecule has 6 rings (SSSR count). The van der Waals surface area contributed by atoms with E-state index < -0.39 is 83.7 Å². The van der Waals surface area contributed by atoms with Crippen molar-refractivity contribution in [1.29, 1.82) is 0 Å². The molecule has 2 aliphatic heterocycles. The molecule has 0 radical (unpaired) electrons. The number of amides is 2. The topological polar surface area (TPSA) is 120 Å². The molecular formula is C34H41F5N4O6. The van der Waals surface area contributed by atoms with Crippen LogP contribution >= 0.6 is 0 Å². The molecule has 4 aliphatic rings. The lowest BCUT2D eigenvalue weighted by atomic mass is 9.85. The molecule has 0 spiro atoms. The number of alkyl carbamates (subject to hydrolysis) is 1. The lowest BCUT2D eigenvalue weighted by molar-refractivity contribution is -0.274. The van der Waals surface area contributed by atoms with Crippen LogP contribution in [0.25, 0.3) is 11.0 Å². The third-order valence-corrected chi connectivity index (χ3v) is 10.4. The molecule has 10 nitrogen and oxygen atoms in total. The number of ketones is 1. The number of benzene rings is 1. The van der Waals surface area contributed by atoms with Gasteiger partial charge in [-0.3, -0.25) is 9.59 Å². The Labute approximate surface area is 280 Å². The van der Waals surface area contributed by atoms with Gasteiger partial charge in [-0.2, -0.15) is 8.78 Å². The van der Waals surface area contributed by atoms with Crippen LogP contribution in [0.4, 0.5) is 26.7 Å². The van der Waals surface area contributed by atoms with Crippen molar-refractivity contribution < 1.29 is 50.5 Å². The number of aromatic nitrogens is 2. The average Bonchev–Trinajstić information content (AvgIpc) is 3.55. The molecule has 1 aromatic heterocycles. The van der Waals surface area contributed by atoms with Crippen LogP contribution in [0, 0.1) is 29.1 Å². The number of halogens is 5. The fraction of sp³-hybridized carbons (Fsp3) is 0.676. The summed E-state index contributed by atoms with van der Waals surface area (Å²) in [6.45, 7) is 8.01. The van der Waals surface area contributed by atoms with Gasteiger partial charge in [0.1, 0.15) is 24.0 Å². The van der Waals surface area contributed by atoms with Gasteiger partial charge in [-0.25, -0.2) is 14.8 Å². The third-order valence-electron chi connectivity index (χ3n) is 10.4. The van der Waals surface area contributed by atoms with Crippen molar-refractivity contribution in [2.75, 3.05) is 6.54 Å². The van der Waals surface area contributed by atoms with Gasteiger partial charge in [0.05, 0.1) is 23.6 Å². The maximum Gasteiger partial charge on any atom is 0.573 e. The molecule has 268 valence electrons.